The lowest BCUT2D eigenvalue weighted by Gasteiger charge is -2.25. The summed E-state index contributed by atoms with van der Waals surface area (Å²) in [5.41, 5.74) is 0.116. The van der Waals surface area contributed by atoms with E-state index in [9.17, 15) is 4.79 Å². The number of benzene rings is 1. The van der Waals surface area contributed by atoms with Gasteiger partial charge in [0.25, 0.3) is 0 Å². The normalized spacial score (nSPS) is 10.7. The van der Waals surface area contributed by atoms with Crippen LogP contribution in [0.15, 0.2) is 33.9 Å². The fraction of sp³-hybridized carbons (Fsp3) is 0.357. The molecule has 0 saturated carbocycles. The molecule has 0 unspecified atom stereocenters. The summed E-state index contributed by atoms with van der Waals surface area (Å²) < 4.78 is 11.1. The molecule has 1 rings (SSSR count). The number of anilines is 1. The number of halogens is 2. The van der Waals surface area contributed by atoms with Crippen LogP contribution in [0.2, 0.25) is 0 Å². The molecule has 4 nitrogen and oxygen atoms in total. The van der Waals surface area contributed by atoms with Crippen LogP contribution >= 0.6 is 31.9 Å². The Bertz CT molecular complexity index is 488. The van der Waals surface area contributed by atoms with E-state index in [-0.39, 0.29) is 0 Å². The van der Waals surface area contributed by atoms with Gasteiger partial charge in [0.2, 0.25) is 0 Å². The Morgan fingerprint density at radius 1 is 1.20 bits per heavy atom. The summed E-state index contributed by atoms with van der Waals surface area (Å²) in [6.45, 7) is 5.47. The van der Waals surface area contributed by atoms with E-state index >= 15 is 0 Å². The van der Waals surface area contributed by atoms with Crippen LogP contribution in [0.25, 0.3) is 0 Å². The van der Waals surface area contributed by atoms with E-state index in [0.717, 1.165) is 5.75 Å². The van der Waals surface area contributed by atoms with Crippen molar-refractivity contribution in [3.8, 4) is 5.75 Å². The molecule has 1 aromatic rings. The van der Waals surface area contributed by atoms with Crippen LogP contribution in [-0.4, -0.2) is 18.8 Å². The predicted octanol–water partition coefficient (Wildman–Crippen LogP) is 5.03. The van der Waals surface area contributed by atoms with Gasteiger partial charge in [0.05, 0.1) is 16.2 Å². The minimum Gasteiger partial charge on any atom is -0.497 e. The molecule has 0 N–H and O–H groups in total. The molecule has 6 heteroatoms. The number of carbonyl (C=O) groups excluding carboxylic acids is 1. The van der Waals surface area contributed by atoms with Gasteiger partial charge in [-0.05, 0) is 76.9 Å². The summed E-state index contributed by atoms with van der Waals surface area (Å²) >= 11 is 6.50. The summed E-state index contributed by atoms with van der Waals surface area (Å²) in [7, 11) is 1.59. The second-order valence-electron chi connectivity index (χ2n) is 4.97. The van der Waals surface area contributed by atoms with Crippen molar-refractivity contribution < 1.29 is 14.3 Å². The number of nitrogens with zero attached hydrogens (tertiary/aromatic N) is 1. The maximum absolute atomic E-state index is 12.2. The van der Waals surface area contributed by atoms with Crippen LogP contribution in [0.3, 0.4) is 0 Å². The van der Waals surface area contributed by atoms with Crippen molar-refractivity contribution in [2.45, 2.75) is 26.4 Å². The second-order valence-corrected chi connectivity index (χ2v) is 7.74. The average Bonchev–Trinajstić information content (AvgIpc) is 2.34. The fourth-order valence-electron chi connectivity index (χ4n) is 1.38. The molecule has 0 saturated heterocycles. The Morgan fingerprint density at radius 2 is 1.75 bits per heavy atom. The van der Waals surface area contributed by atoms with Crippen molar-refractivity contribution in [1.29, 1.82) is 0 Å². The largest absolute Gasteiger partial charge is 0.497 e. The Labute approximate surface area is 136 Å². The highest BCUT2D eigenvalue weighted by Gasteiger charge is 2.22. The molecule has 1 aromatic carbocycles. The maximum Gasteiger partial charge on any atom is 0.419 e. The molecule has 0 aliphatic rings. The molecule has 0 aromatic heterocycles. The number of hydrogen-bond donors (Lipinski definition) is 0. The molecule has 0 fully saturated rings. The third-order valence-electron chi connectivity index (χ3n) is 2.17. The molecule has 1 amide bonds. The van der Waals surface area contributed by atoms with Gasteiger partial charge in [-0.25, -0.2) is 4.79 Å². The van der Waals surface area contributed by atoms with Crippen LogP contribution in [0.4, 0.5) is 10.5 Å². The molecule has 0 spiro atoms. The molecule has 0 atom stereocenters. The predicted molar refractivity (Wildman–Crippen MR) is 87.6 cm³/mol. The molecular formula is C14H17Br2NO3. The van der Waals surface area contributed by atoms with Gasteiger partial charge >= 0.3 is 6.09 Å². The Hall–Kier alpha value is -1.01. The van der Waals surface area contributed by atoms with Crippen LogP contribution in [-0.2, 0) is 4.74 Å². The average molecular weight is 407 g/mol. The first-order valence-corrected chi connectivity index (χ1v) is 7.50. The van der Waals surface area contributed by atoms with E-state index in [1.165, 1.54) is 4.90 Å². The van der Waals surface area contributed by atoms with E-state index < -0.39 is 11.7 Å². The quantitative estimate of drug-likeness (QED) is 0.706. The maximum atomic E-state index is 12.2. The molecule has 20 heavy (non-hydrogen) atoms. The van der Waals surface area contributed by atoms with Crippen LogP contribution < -0.4 is 9.64 Å². The first-order valence-electron chi connectivity index (χ1n) is 5.92. The van der Waals surface area contributed by atoms with Crippen molar-refractivity contribution in [2.24, 2.45) is 0 Å². The number of rotatable bonds is 3. The minimum atomic E-state index is -0.561. The number of ether oxygens (including phenoxy) is 2. The fourth-order valence-corrected chi connectivity index (χ4v) is 1.79. The van der Waals surface area contributed by atoms with E-state index in [1.807, 2.05) is 20.8 Å². The van der Waals surface area contributed by atoms with E-state index in [0.29, 0.717) is 9.08 Å². The minimum absolute atomic E-state index is 0.459. The SMILES string of the molecule is COc1ccc(N(C=C(Br)Br)C(=O)OC(C)(C)C)cc1. The second kappa shape index (κ2) is 7.13. The van der Waals surface area contributed by atoms with Gasteiger partial charge in [-0.1, -0.05) is 0 Å². The Kier molecular flexibility index (Phi) is 6.07. The van der Waals surface area contributed by atoms with Gasteiger partial charge < -0.3 is 9.47 Å². The molecular weight excluding hydrogens is 390 g/mol. The van der Waals surface area contributed by atoms with Gasteiger partial charge in [0.15, 0.2) is 0 Å². The first-order chi connectivity index (χ1) is 9.23. The zero-order valence-corrected chi connectivity index (χ0v) is 15.0. The van der Waals surface area contributed by atoms with Crippen molar-refractivity contribution in [3.63, 3.8) is 0 Å². The zero-order valence-electron chi connectivity index (χ0n) is 11.8. The lowest BCUT2D eigenvalue weighted by molar-refractivity contribution is 0.0596. The monoisotopic (exact) mass is 405 g/mol. The zero-order chi connectivity index (χ0) is 15.3. The summed E-state index contributed by atoms with van der Waals surface area (Å²) in [6.07, 6.45) is 1.13. The summed E-state index contributed by atoms with van der Waals surface area (Å²) in [5.74, 6) is 0.722. The van der Waals surface area contributed by atoms with Crippen molar-refractivity contribution in [1.82, 2.24) is 0 Å². The molecule has 0 radical (unpaired) electrons. The standard InChI is InChI=1S/C14H17Br2NO3/c1-14(2,3)20-13(18)17(9-12(15)16)10-5-7-11(19-4)8-6-10/h5-9H,1-4H3. The number of hydrogen-bond acceptors (Lipinski definition) is 3. The van der Waals surface area contributed by atoms with Crippen LogP contribution in [0, 0.1) is 0 Å². The molecule has 0 aliphatic heterocycles. The number of carbonyl (C=O) groups is 1. The van der Waals surface area contributed by atoms with Gasteiger partial charge in [-0.15, -0.1) is 0 Å². The van der Waals surface area contributed by atoms with E-state index in [4.69, 9.17) is 9.47 Å². The van der Waals surface area contributed by atoms with Crippen molar-refractivity contribution in [3.05, 3.63) is 33.9 Å². The van der Waals surface area contributed by atoms with Crippen LogP contribution in [0.1, 0.15) is 20.8 Å². The first kappa shape index (κ1) is 17.0. The number of methoxy groups -OCH3 is 1. The highest BCUT2D eigenvalue weighted by atomic mass is 79.9. The van der Waals surface area contributed by atoms with Gasteiger partial charge in [-0.3, -0.25) is 4.90 Å². The molecule has 0 bridgehead atoms. The molecule has 110 valence electrons. The molecule has 0 aliphatic carbocycles. The van der Waals surface area contributed by atoms with Gasteiger partial charge in [0.1, 0.15) is 11.4 Å². The summed E-state index contributed by atoms with van der Waals surface area (Å²) in [6, 6.07) is 7.12. The van der Waals surface area contributed by atoms with Crippen LogP contribution in [0.5, 0.6) is 5.75 Å². The summed E-state index contributed by atoms with van der Waals surface area (Å²) in [5, 5.41) is 0. The summed E-state index contributed by atoms with van der Waals surface area (Å²) in [4.78, 5) is 13.6. The lowest BCUT2D eigenvalue weighted by Crippen LogP contribution is -2.33. The third-order valence-corrected chi connectivity index (χ3v) is 2.58. The number of amides is 1. The van der Waals surface area contributed by atoms with Gasteiger partial charge in [-0.2, -0.15) is 0 Å². The smallest absolute Gasteiger partial charge is 0.419 e. The topological polar surface area (TPSA) is 38.8 Å². The lowest BCUT2D eigenvalue weighted by atomic mass is 10.2. The Morgan fingerprint density at radius 3 is 2.15 bits per heavy atom. The van der Waals surface area contributed by atoms with Crippen molar-refractivity contribution >= 4 is 43.6 Å². The molecule has 0 heterocycles. The van der Waals surface area contributed by atoms with Crippen molar-refractivity contribution in [2.75, 3.05) is 12.0 Å². The van der Waals surface area contributed by atoms with Gasteiger partial charge in [0, 0.05) is 6.20 Å². The van der Waals surface area contributed by atoms with E-state index in [2.05, 4.69) is 31.9 Å². The third kappa shape index (κ3) is 5.54. The van der Waals surface area contributed by atoms with E-state index in [1.54, 1.807) is 37.6 Å². The highest BCUT2D eigenvalue weighted by molar-refractivity contribution is 9.28. The highest BCUT2D eigenvalue weighted by Crippen LogP contribution is 2.25. The Balaban J connectivity index is 3.05.